The lowest BCUT2D eigenvalue weighted by atomic mass is 10.0. The molecule has 3 nitrogen and oxygen atoms in total. The van der Waals surface area contributed by atoms with E-state index < -0.39 is 0 Å². The van der Waals surface area contributed by atoms with Crippen molar-refractivity contribution in [1.82, 2.24) is 9.13 Å². The lowest BCUT2D eigenvalue weighted by Crippen LogP contribution is -2.08. The predicted molar refractivity (Wildman–Crippen MR) is 211 cm³/mol. The Bertz CT molecular complexity index is 2730. The highest BCUT2D eigenvalue weighted by molar-refractivity contribution is 6.10. The van der Waals surface area contributed by atoms with Gasteiger partial charge in [-0.25, -0.2) is 0 Å². The largest absolute Gasteiger partial charge is 0.367 e. The summed E-state index contributed by atoms with van der Waals surface area (Å²) in [5.74, 6) is 1.14. The first-order chi connectivity index (χ1) is 24.8. The quantitative estimate of drug-likeness (QED) is 0.199. The van der Waals surface area contributed by atoms with Crippen molar-refractivity contribution in [2.75, 3.05) is 11.9 Å². The van der Waals surface area contributed by atoms with Gasteiger partial charge in [0.15, 0.2) is 0 Å². The zero-order valence-corrected chi connectivity index (χ0v) is 27.4. The van der Waals surface area contributed by atoms with Crippen molar-refractivity contribution < 1.29 is 0 Å². The van der Waals surface area contributed by atoms with Crippen LogP contribution in [0.3, 0.4) is 0 Å². The molecule has 2 aromatic heterocycles. The van der Waals surface area contributed by atoms with E-state index in [1.807, 2.05) is 0 Å². The van der Waals surface area contributed by atoms with E-state index in [1.165, 1.54) is 71.7 Å². The topological polar surface area (TPSA) is 21.9 Å². The maximum absolute atomic E-state index is 3.68. The molecule has 50 heavy (non-hydrogen) atoms. The number of hydrogen-bond acceptors (Lipinski definition) is 1. The van der Waals surface area contributed by atoms with Crippen molar-refractivity contribution in [2.45, 2.75) is 0 Å². The Morgan fingerprint density at radius 1 is 0.380 bits per heavy atom. The maximum atomic E-state index is 3.68. The molecule has 0 radical (unpaired) electrons. The number of nitrogens with one attached hydrogen (secondary N) is 1. The second kappa shape index (κ2) is 11.5. The monoisotopic (exact) mass is 639 g/mol. The van der Waals surface area contributed by atoms with Crippen LogP contribution < -0.4 is 5.32 Å². The lowest BCUT2D eigenvalue weighted by Gasteiger charge is -2.15. The van der Waals surface area contributed by atoms with Gasteiger partial charge in [-0.1, -0.05) is 133 Å². The Balaban J connectivity index is 1.11. The van der Waals surface area contributed by atoms with Crippen LogP contribution >= 0.6 is 0 Å². The first-order valence-corrected chi connectivity index (χ1v) is 17.2. The summed E-state index contributed by atoms with van der Waals surface area (Å²) in [5.41, 5.74) is 14.4. The van der Waals surface area contributed by atoms with Crippen LogP contribution in [0.2, 0.25) is 0 Å². The van der Waals surface area contributed by atoms with Gasteiger partial charge in [-0.15, -0.1) is 0 Å². The van der Waals surface area contributed by atoms with Crippen molar-refractivity contribution in [3.05, 3.63) is 181 Å². The van der Waals surface area contributed by atoms with Gasteiger partial charge in [-0.05, 0) is 81.9 Å². The first-order valence-electron chi connectivity index (χ1n) is 17.2. The number of rotatable bonds is 5. The standard InChI is InChI=1S/C47H33N3/c1-3-11-32(12-4-1)34-20-24-38(25-21-34)50-45-27-23-36(30-43(45)42-18-10-28-48-47(42)50)37-22-26-41-40-17-7-8-19-44(40)49(46(41)31-37)39-16-9-15-35(29-39)33-13-5-2-6-14-33/h1-27,29-31,48H,28H2. The van der Waals surface area contributed by atoms with Crippen molar-refractivity contribution in [2.24, 2.45) is 0 Å². The highest BCUT2D eigenvalue weighted by Gasteiger charge is 2.20. The summed E-state index contributed by atoms with van der Waals surface area (Å²) in [6.07, 6.45) is 4.49. The van der Waals surface area contributed by atoms with Crippen LogP contribution in [0.25, 0.3) is 83.5 Å². The molecule has 0 aliphatic carbocycles. The van der Waals surface area contributed by atoms with Crippen LogP contribution in [0, 0.1) is 0 Å². The van der Waals surface area contributed by atoms with E-state index in [2.05, 4.69) is 196 Å². The van der Waals surface area contributed by atoms with Gasteiger partial charge < -0.3 is 9.88 Å². The summed E-state index contributed by atoms with van der Waals surface area (Å²) in [6.45, 7) is 0.810. The van der Waals surface area contributed by atoms with Crippen molar-refractivity contribution in [3.63, 3.8) is 0 Å². The molecule has 7 aromatic carbocycles. The van der Waals surface area contributed by atoms with Gasteiger partial charge >= 0.3 is 0 Å². The fourth-order valence-electron chi connectivity index (χ4n) is 7.76. The Morgan fingerprint density at radius 2 is 0.980 bits per heavy atom. The highest BCUT2D eigenvalue weighted by atomic mass is 15.1. The third-order valence-corrected chi connectivity index (χ3v) is 10.1. The first kappa shape index (κ1) is 28.4. The fraction of sp³-hybridized carbons (Fsp3) is 0.0213. The molecule has 1 aliphatic rings. The average molecular weight is 640 g/mol. The van der Waals surface area contributed by atoms with Gasteiger partial charge in [-0.3, -0.25) is 4.57 Å². The Kier molecular flexibility index (Phi) is 6.56. The number of nitrogens with zero attached hydrogens (tertiary/aromatic N) is 2. The lowest BCUT2D eigenvalue weighted by molar-refractivity contribution is 1.09. The van der Waals surface area contributed by atoms with E-state index in [0.717, 1.165) is 23.7 Å². The Hall–Kier alpha value is -6.58. The van der Waals surface area contributed by atoms with Gasteiger partial charge in [0.25, 0.3) is 0 Å². The van der Waals surface area contributed by atoms with Crippen LogP contribution in [0.4, 0.5) is 5.82 Å². The molecule has 0 atom stereocenters. The van der Waals surface area contributed by atoms with Gasteiger partial charge in [0.2, 0.25) is 0 Å². The molecular weight excluding hydrogens is 607 g/mol. The van der Waals surface area contributed by atoms with Crippen molar-refractivity contribution in [1.29, 1.82) is 0 Å². The average Bonchev–Trinajstić information content (AvgIpc) is 3.71. The molecule has 0 fully saturated rings. The number of benzene rings is 7. The van der Waals surface area contributed by atoms with Crippen molar-refractivity contribution >= 4 is 44.6 Å². The zero-order chi connectivity index (χ0) is 33.0. The van der Waals surface area contributed by atoms with E-state index in [-0.39, 0.29) is 0 Å². The molecule has 0 unspecified atom stereocenters. The molecule has 0 amide bonds. The minimum atomic E-state index is 0.810. The highest BCUT2D eigenvalue weighted by Crippen LogP contribution is 2.40. The summed E-state index contributed by atoms with van der Waals surface area (Å²) in [5, 5.41) is 7.43. The number of aromatic nitrogens is 2. The molecule has 236 valence electrons. The zero-order valence-electron chi connectivity index (χ0n) is 27.4. The third kappa shape index (κ3) is 4.59. The number of hydrogen-bond donors (Lipinski definition) is 1. The summed E-state index contributed by atoms with van der Waals surface area (Å²) in [7, 11) is 0. The van der Waals surface area contributed by atoms with Gasteiger partial charge in [-0.2, -0.15) is 0 Å². The molecule has 3 heteroatoms. The minimum absolute atomic E-state index is 0.810. The summed E-state index contributed by atoms with van der Waals surface area (Å²) >= 11 is 0. The normalized spacial score (nSPS) is 12.4. The van der Waals surface area contributed by atoms with Crippen LogP contribution in [0.5, 0.6) is 0 Å². The molecule has 0 bridgehead atoms. The predicted octanol–water partition coefficient (Wildman–Crippen LogP) is 12.2. The van der Waals surface area contributed by atoms with E-state index in [4.69, 9.17) is 0 Å². The number of para-hydroxylation sites is 1. The fourth-order valence-corrected chi connectivity index (χ4v) is 7.76. The third-order valence-electron chi connectivity index (χ3n) is 10.1. The van der Waals surface area contributed by atoms with Crippen LogP contribution in [0.1, 0.15) is 5.56 Å². The van der Waals surface area contributed by atoms with Crippen LogP contribution in [-0.4, -0.2) is 15.7 Å². The van der Waals surface area contributed by atoms with Gasteiger partial charge in [0.1, 0.15) is 5.82 Å². The molecule has 0 saturated heterocycles. The Morgan fingerprint density at radius 3 is 1.80 bits per heavy atom. The molecule has 10 rings (SSSR count). The van der Waals surface area contributed by atoms with E-state index in [1.54, 1.807) is 0 Å². The van der Waals surface area contributed by atoms with Crippen LogP contribution in [0.15, 0.2) is 176 Å². The molecule has 0 spiro atoms. The molecular formula is C47H33N3. The van der Waals surface area contributed by atoms with Gasteiger partial charge in [0, 0.05) is 39.6 Å². The Labute approximate surface area is 291 Å². The number of anilines is 1. The van der Waals surface area contributed by atoms with E-state index in [0.29, 0.717) is 0 Å². The molecule has 1 aliphatic heterocycles. The molecule has 9 aromatic rings. The smallest absolute Gasteiger partial charge is 0.119 e. The molecule has 0 saturated carbocycles. The summed E-state index contributed by atoms with van der Waals surface area (Å²) < 4.78 is 4.79. The van der Waals surface area contributed by atoms with Crippen molar-refractivity contribution in [3.8, 4) is 44.8 Å². The van der Waals surface area contributed by atoms with E-state index in [9.17, 15) is 0 Å². The van der Waals surface area contributed by atoms with Gasteiger partial charge in [0.05, 0.1) is 16.6 Å². The molecule has 3 heterocycles. The van der Waals surface area contributed by atoms with E-state index >= 15 is 0 Å². The summed E-state index contributed by atoms with van der Waals surface area (Å²) in [4.78, 5) is 0. The van der Waals surface area contributed by atoms with Crippen LogP contribution in [-0.2, 0) is 0 Å². The second-order valence-corrected chi connectivity index (χ2v) is 13.0. The molecule has 1 N–H and O–H groups in total. The minimum Gasteiger partial charge on any atom is -0.367 e. The summed E-state index contributed by atoms with van der Waals surface area (Å²) in [6, 6.07) is 61.6. The maximum Gasteiger partial charge on any atom is 0.119 e. The SMILES string of the molecule is C1=Cc2c(n(-c3ccc(-c4ccccc4)cc3)c3ccc(-c4ccc5c6ccccc6n(-c6cccc(-c7ccccc7)c6)c5c4)cc23)NC1. The number of fused-ring (bicyclic) bond motifs is 6. The second-order valence-electron chi connectivity index (χ2n) is 13.0.